The lowest BCUT2D eigenvalue weighted by atomic mass is 9.80. The Bertz CT molecular complexity index is 1910. The summed E-state index contributed by atoms with van der Waals surface area (Å²) in [6.45, 7) is 13.3. The molecule has 6 rings (SSSR count). The van der Waals surface area contributed by atoms with Crippen molar-refractivity contribution in [1.82, 2.24) is 14.2 Å². The molecule has 10 nitrogen and oxygen atoms in total. The van der Waals surface area contributed by atoms with Crippen LogP contribution in [-0.2, 0) is 19.5 Å². The van der Waals surface area contributed by atoms with Crippen LogP contribution in [0.2, 0.25) is 16.6 Å². The summed E-state index contributed by atoms with van der Waals surface area (Å²) < 4.78 is 35.9. The number of fused-ring (bicyclic) bond motifs is 1. The van der Waals surface area contributed by atoms with Gasteiger partial charge in [0.2, 0.25) is 13.7 Å². The highest BCUT2D eigenvalue weighted by molar-refractivity contribution is 6.77. The first-order valence-corrected chi connectivity index (χ1v) is 20.2. The SMILES string of the molecule is COc1ccc(C(OC[C@H]2O[C@@H](n3ccc(=O)c4nccn43)[C@H](O[Si](C(C)C)(C(C)C)C(C)C)[C@@H]2O)(c2ccccc2)c2ccc(OC)cc2)cc1. The Morgan fingerprint density at radius 1 is 0.788 bits per heavy atom. The van der Waals surface area contributed by atoms with E-state index >= 15 is 0 Å². The summed E-state index contributed by atoms with van der Waals surface area (Å²) in [4.78, 5) is 17.1. The van der Waals surface area contributed by atoms with E-state index in [1.165, 1.54) is 6.07 Å². The van der Waals surface area contributed by atoms with Crippen LogP contribution < -0.4 is 14.9 Å². The minimum Gasteiger partial charge on any atom is -0.497 e. The molecule has 0 aliphatic carbocycles. The number of aliphatic hydroxyl groups excluding tert-OH is 1. The van der Waals surface area contributed by atoms with Gasteiger partial charge in [0, 0.05) is 24.7 Å². The molecule has 1 fully saturated rings. The van der Waals surface area contributed by atoms with E-state index in [1.54, 1.807) is 42.0 Å². The molecule has 0 amide bonds. The van der Waals surface area contributed by atoms with Gasteiger partial charge in [-0.2, -0.15) is 0 Å². The van der Waals surface area contributed by atoms with Crippen molar-refractivity contribution in [2.75, 3.05) is 20.8 Å². The van der Waals surface area contributed by atoms with E-state index in [9.17, 15) is 9.90 Å². The molecule has 1 saturated heterocycles. The van der Waals surface area contributed by atoms with Gasteiger partial charge in [-0.1, -0.05) is 96.1 Å². The molecule has 2 aromatic heterocycles. The topological polar surface area (TPSA) is 106 Å². The molecule has 0 unspecified atom stereocenters. The molecule has 4 atom stereocenters. The van der Waals surface area contributed by atoms with Crippen molar-refractivity contribution in [1.29, 1.82) is 0 Å². The predicted molar refractivity (Wildman–Crippen MR) is 204 cm³/mol. The van der Waals surface area contributed by atoms with E-state index in [2.05, 4.69) is 46.5 Å². The van der Waals surface area contributed by atoms with Crippen LogP contribution >= 0.6 is 0 Å². The van der Waals surface area contributed by atoms with Crippen LogP contribution in [0.5, 0.6) is 11.5 Å². The molecule has 5 aromatic rings. The minimum atomic E-state index is -2.54. The van der Waals surface area contributed by atoms with E-state index in [-0.39, 0.29) is 34.3 Å². The van der Waals surface area contributed by atoms with Crippen LogP contribution in [0.4, 0.5) is 0 Å². The number of aromatic nitrogens is 3. The maximum atomic E-state index is 12.8. The van der Waals surface area contributed by atoms with Gasteiger partial charge in [-0.3, -0.25) is 9.48 Å². The van der Waals surface area contributed by atoms with Gasteiger partial charge < -0.3 is 28.5 Å². The van der Waals surface area contributed by atoms with Crippen LogP contribution in [0.3, 0.4) is 0 Å². The van der Waals surface area contributed by atoms with Gasteiger partial charge in [0.15, 0.2) is 11.9 Å². The number of nitrogens with zero attached hydrogens (tertiary/aromatic N) is 3. The summed E-state index contributed by atoms with van der Waals surface area (Å²) in [5.74, 6) is 1.44. The largest absolute Gasteiger partial charge is 0.497 e. The summed E-state index contributed by atoms with van der Waals surface area (Å²) in [6.07, 6.45) is 1.59. The van der Waals surface area contributed by atoms with Crippen molar-refractivity contribution >= 4 is 14.0 Å². The molecule has 1 aliphatic rings. The zero-order valence-corrected chi connectivity index (χ0v) is 32.3. The second kappa shape index (κ2) is 15.4. The number of aliphatic hydroxyl groups is 1. The fourth-order valence-corrected chi connectivity index (χ4v) is 13.8. The summed E-state index contributed by atoms with van der Waals surface area (Å²) in [5.41, 5.74) is 2.35. The third kappa shape index (κ3) is 6.60. The van der Waals surface area contributed by atoms with Crippen molar-refractivity contribution in [3.63, 3.8) is 0 Å². The van der Waals surface area contributed by atoms with Gasteiger partial charge in [0.25, 0.3) is 0 Å². The Balaban J connectivity index is 1.46. The third-order valence-electron chi connectivity index (χ3n) is 10.7. The molecule has 1 N–H and O–H groups in total. The Kier molecular flexibility index (Phi) is 11.1. The molecule has 3 heterocycles. The molecule has 1 aliphatic heterocycles. The second-order valence-corrected chi connectivity index (χ2v) is 19.8. The fourth-order valence-electron chi connectivity index (χ4n) is 8.28. The lowest BCUT2D eigenvalue weighted by Crippen LogP contribution is -2.53. The molecule has 0 radical (unpaired) electrons. The first kappa shape index (κ1) is 37.5. The van der Waals surface area contributed by atoms with Gasteiger partial charge in [0.05, 0.1) is 20.8 Å². The monoisotopic (exact) mass is 725 g/mol. The Morgan fingerprint density at radius 3 is 1.85 bits per heavy atom. The first-order chi connectivity index (χ1) is 25.0. The molecule has 0 saturated carbocycles. The molecular formula is C41H51N3O7Si. The number of hydrogen-bond acceptors (Lipinski definition) is 8. The van der Waals surface area contributed by atoms with E-state index in [0.29, 0.717) is 0 Å². The van der Waals surface area contributed by atoms with Crippen molar-refractivity contribution in [2.24, 2.45) is 0 Å². The number of rotatable bonds is 14. The molecule has 3 aromatic carbocycles. The van der Waals surface area contributed by atoms with Crippen LogP contribution in [0.1, 0.15) is 64.5 Å². The highest BCUT2D eigenvalue weighted by atomic mass is 28.4. The number of benzene rings is 3. The molecule has 52 heavy (non-hydrogen) atoms. The van der Waals surface area contributed by atoms with Gasteiger partial charge in [-0.25, -0.2) is 9.50 Å². The van der Waals surface area contributed by atoms with E-state index in [4.69, 9.17) is 23.4 Å². The quantitative estimate of drug-likeness (QED) is 0.0937. The van der Waals surface area contributed by atoms with Crippen molar-refractivity contribution in [3.8, 4) is 11.5 Å². The zero-order valence-electron chi connectivity index (χ0n) is 31.3. The van der Waals surface area contributed by atoms with Crippen LogP contribution in [0, 0.1) is 0 Å². The van der Waals surface area contributed by atoms with E-state index in [1.807, 2.05) is 78.9 Å². The molecule has 0 bridgehead atoms. The van der Waals surface area contributed by atoms with Gasteiger partial charge in [-0.05, 0) is 57.6 Å². The number of methoxy groups -OCH3 is 2. The van der Waals surface area contributed by atoms with Crippen molar-refractivity contribution in [2.45, 2.75) is 88.3 Å². The molecule has 0 spiro atoms. The number of hydrogen-bond donors (Lipinski definition) is 1. The van der Waals surface area contributed by atoms with Crippen LogP contribution in [-0.4, -0.2) is 66.7 Å². The molecule has 11 heteroatoms. The standard InChI is InChI=1S/C41H51N3O7Si/c1-27(2)52(28(3)4,29(5)6)51-38-37(46)36(50-40(38)44-24-22-35(45)39-42-23-25-43(39)44)26-49-41(30-12-10-9-11-13-30,31-14-18-33(47-7)19-15-31)32-16-20-34(48-8)21-17-32/h9-25,27-29,36-38,40,46H,26H2,1-8H3/t36-,37-,38-,40-/m1/s1. The van der Waals surface area contributed by atoms with Crippen LogP contribution in [0.15, 0.2) is 108 Å². The maximum absolute atomic E-state index is 12.8. The zero-order chi connectivity index (χ0) is 37.2. The lowest BCUT2D eigenvalue weighted by Gasteiger charge is -2.45. The average Bonchev–Trinajstić information content (AvgIpc) is 3.77. The van der Waals surface area contributed by atoms with E-state index < -0.39 is 38.5 Å². The Morgan fingerprint density at radius 2 is 1.33 bits per heavy atom. The summed E-state index contributed by atoms with van der Waals surface area (Å²) in [5, 5.41) is 12.4. The lowest BCUT2D eigenvalue weighted by molar-refractivity contribution is -0.0983. The summed E-state index contributed by atoms with van der Waals surface area (Å²) in [7, 11) is 0.742. The number of imidazole rings is 1. The van der Waals surface area contributed by atoms with Crippen molar-refractivity contribution in [3.05, 3.63) is 130 Å². The van der Waals surface area contributed by atoms with Gasteiger partial charge in [0.1, 0.15) is 35.4 Å². The average molecular weight is 726 g/mol. The molecular weight excluding hydrogens is 675 g/mol. The molecule has 276 valence electrons. The van der Waals surface area contributed by atoms with Crippen molar-refractivity contribution < 1.29 is 28.5 Å². The fraction of sp³-hybridized carbons (Fsp3) is 0.415. The van der Waals surface area contributed by atoms with E-state index in [0.717, 1.165) is 28.2 Å². The summed E-state index contributed by atoms with van der Waals surface area (Å²) >= 11 is 0. The smallest absolute Gasteiger partial charge is 0.224 e. The normalized spacial score (nSPS) is 19.6. The third-order valence-corrected chi connectivity index (χ3v) is 16.8. The van der Waals surface area contributed by atoms with Gasteiger partial charge >= 0.3 is 0 Å². The second-order valence-electron chi connectivity index (χ2n) is 14.4. The predicted octanol–water partition coefficient (Wildman–Crippen LogP) is 7.34. The first-order valence-electron chi connectivity index (χ1n) is 18.0. The Labute approximate surface area is 307 Å². The van der Waals surface area contributed by atoms with Gasteiger partial charge in [-0.15, -0.1) is 0 Å². The summed E-state index contributed by atoms with van der Waals surface area (Å²) in [6, 6.07) is 27.2. The Hall–Kier alpha value is -4.26. The highest BCUT2D eigenvalue weighted by Crippen LogP contribution is 2.47. The highest BCUT2D eigenvalue weighted by Gasteiger charge is 2.54. The van der Waals surface area contributed by atoms with Crippen LogP contribution in [0.25, 0.3) is 5.65 Å². The number of ether oxygens (including phenoxy) is 4. The maximum Gasteiger partial charge on any atom is 0.224 e. The minimum absolute atomic E-state index is 0.0113.